The molecule has 0 spiro atoms. The van der Waals surface area contributed by atoms with E-state index in [-0.39, 0.29) is 22.1 Å². The van der Waals surface area contributed by atoms with Crippen molar-refractivity contribution >= 4 is 21.7 Å². The molecule has 2 aromatic rings. The van der Waals surface area contributed by atoms with Crippen molar-refractivity contribution in [2.75, 3.05) is 12.3 Å². The number of carbonyl (C=O) groups is 1. The van der Waals surface area contributed by atoms with E-state index in [4.69, 9.17) is 14.7 Å². The van der Waals surface area contributed by atoms with Gasteiger partial charge in [0.1, 0.15) is 24.1 Å². The van der Waals surface area contributed by atoms with Gasteiger partial charge in [0.2, 0.25) is 0 Å². The summed E-state index contributed by atoms with van der Waals surface area (Å²) in [6.07, 6.45) is -4.78. The molecular formula is C20H25N3O8S. The molecule has 12 heteroatoms. The maximum absolute atomic E-state index is 12.4. The molecule has 0 radical (unpaired) electrons. The van der Waals surface area contributed by atoms with Gasteiger partial charge in [-0.1, -0.05) is 31.5 Å². The van der Waals surface area contributed by atoms with E-state index in [0.29, 0.717) is 0 Å². The van der Waals surface area contributed by atoms with Gasteiger partial charge in [0.05, 0.1) is 17.1 Å². The second-order valence-corrected chi connectivity index (χ2v) is 9.46. The SMILES string of the molecule is Cc1ccc(S(=O)(=O)OC[C@H]2O[C@@H](n3cc(C(=O)C(C)C)c(N)nc3=O)[C@H](O)[C@@H]2O)cc1. The maximum atomic E-state index is 12.4. The lowest BCUT2D eigenvalue weighted by Crippen LogP contribution is -2.37. The summed E-state index contributed by atoms with van der Waals surface area (Å²) in [5, 5.41) is 20.7. The van der Waals surface area contributed by atoms with Crippen molar-refractivity contribution in [1.29, 1.82) is 0 Å². The molecular weight excluding hydrogens is 442 g/mol. The third-order valence-electron chi connectivity index (χ3n) is 5.08. The third kappa shape index (κ3) is 4.74. The molecule has 3 rings (SSSR count). The minimum Gasteiger partial charge on any atom is -0.387 e. The highest BCUT2D eigenvalue weighted by Gasteiger charge is 2.45. The number of hydrogen-bond acceptors (Lipinski definition) is 10. The molecule has 1 aromatic heterocycles. The Kier molecular flexibility index (Phi) is 6.81. The first-order valence-electron chi connectivity index (χ1n) is 9.83. The molecule has 174 valence electrons. The number of aliphatic hydroxyl groups is 2. The summed E-state index contributed by atoms with van der Waals surface area (Å²) in [4.78, 5) is 28.2. The fraction of sp³-hybridized carbons (Fsp3) is 0.450. The molecule has 11 nitrogen and oxygen atoms in total. The topological polar surface area (TPSA) is 171 Å². The zero-order valence-electron chi connectivity index (χ0n) is 17.7. The molecule has 0 amide bonds. The van der Waals surface area contributed by atoms with Crippen LogP contribution in [0.1, 0.15) is 36.0 Å². The van der Waals surface area contributed by atoms with Crippen molar-refractivity contribution in [1.82, 2.24) is 9.55 Å². The number of nitrogen functional groups attached to an aromatic ring is 1. The van der Waals surface area contributed by atoms with Crippen LogP contribution >= 0.6 is 0 Å². The van der Waals surface area contributed by atoms with Crippen molar-refractivity contribution in [2.24, 2.45) is 5.92 Å². The standard InChI is InChI=1S/C20H25N3O8S/c1-10(2)15(24)13-8-23(20(27)22-18(13)21)19-17(26)16(25)14(31-19)9-30-32(28,29)12-6-4-11(3)5-7-12/h4-8,10,14,16-17,19,25-26H,9H2,1-3H3,(H2,21,22,27)/t14-,16-,17-,19-/m1/s1. The predicted octanol–water partition coefficient (Wildman–Crippen LogP) is -0.00268. The lowest BCUT2D eigenvalue weighted by Gasteiger charge is -2.19. The molecule has 4 N–H and O–H groups in total. The van der Waals surface area contributed by atoms with Gasteiger partial charge in [0, 0.05) is 12.1 Å². The van der Waals surface area contributed by atoms with Gasteiger partial charge in [-0.25, -0.2) is 4.79 Å². The van der Waals surface area contributed by atoms with E-state index in [1.54, 1.807) is 32.9 Å². The number of anilines is 1. The number of ether oxygens (including phenoxy) is 1. The highest BCUT2D eigenvalue weighted by molar-refractivity contribution is 7.86. The van der Waals surface area contributed by atoms with Gasteiger partial charge in [-0.2, -0.15) is 13.4 Å². The van der Waals surface area contributed by atoms with Crippen molar-refractivity contribution in [3.63, 3.8) is 0 Å². The van der Waals surface area contributed by atoms with Crippen LogP contribution in [0.5, 0.6) is 0 Å². The second-order valence-electron chi connectivity index (χ2n) is 7.85. The Morgan fingerprint density at radius 3 is 2.47 bits per heavy atom. The van der Waals surface area contributed by atoms with Crippen molar-refractivity contribution in [2.45, 2.75) is 50.2 Å². The Morgan fingerprint density at radius 2 is 1.88 bits per heavy atom. The van der Waals surface area contributed by atoms with Gasteiger partial charge in [-0.15, -0.1) is 0 Å². The number of hydrogen-bond donors (Lipinski definition) is 3. The van der Waals surface area contributed by atoms with E-state index in [2.05, 4.69) is 4.98 Å². The Balaban J connectivity index is 1.81. The van der Waals surface area contributed by atoms with Crippen molar-refractivity contribution in [3.8, 4) is 0 Å². The Morgan fingerprint density at radius 1 is 1.25 bits per heavy atom. The summed E-state index contributed by atoms with van der Waals surface area (Å²) in [7, 11) is -4.14. The van der Waals surface area contributed by atoms with Gasteiger partial charge >= 0.3 is 5.69 Å². The summed E-state index contributed by atoms with van der Waals surface area (Å²) in [6, 6.07) is 5.96. The summed E-state index contributed by atoms with van der Waals surface area (Å²) in [5.41, 5.74) is 5.61. The van der Waals surface area contributed by atoms with Crippen LogP contribution in [-0.4, -0.2) is 58.9 Å². The zero-order chi connectivity index (χ0) is 23.8. The summed E-state index contributed by atoms with van der Waals surface area (Å²) in [6.45, 7) is 4.48. The monoisotopic (exact) mass is 467 g/mol. The maximum Gasteiger partial charge on any atom is 0.351 e. The average molecular weight is 468 g/mol. The van der Waals surface area contributed by atoms with Crippen LogP contribution in [0.15, 0.2) is 40.2 Å². The lowest BCUT2D eigenvalue weighted by molar-refractivity contribution is -0.0509. The van der Waals surface area contributed by atoms with Crippen LogP contribution in [0.25, 0.3) is 0 Å². The molecule has 0 bridgehead atoms. The number of aromatic nitrogens is 2. The summed E-state index contributed by atoms with van der Waals surface area (Å²) < 4.78 is 36.1. The van der Waals surface area contributed by atoms with E-state index >= 15 is 0 Å². The number of carbonyl (C=O) groups excluding carboxylic acids is 1. The minimum absolute atomic E-state index is 0.0356. The van der Waals surface area contributed by atoms with Crippen LogP contribution in [-0.2, 0) is 19.0 Å². The molecule has 1 aliphatic heterocycles. The van der Waals surface area contributed by atoms with E-state index in [1.807, 2.05) is 0 Å². The van der Waals surface area contributed by atoms with Crippen molar-refractivity contribution < 1.29 is 32.3 Å². The number of rotatable bonds is 7. The fourth-order valence-electron chi connectivity index (χ4n) is 3.19. The van der Waals surface area contributed by atoms with Crippen LogP contribution in [0.3, 0.4) is 0 Å². The van der Waals surface area contributed by atoms with E-state index in [1.165, 1.54) is 12.1 Å². The number of ketones is 1. The van der Waals surface area contributed by atoms with E-state index in [0.717, 1.165) is 16.3 Å². The number of aryl methyl sites for hydroxylation is 1. The van der Waals surface area contributed by atoms with Gasteiger partial charge < -0.3 is 20.7 Å². The molecule has 1 saturated heterocycles. The normalized spacial score (nSPS) is 23.6. The highest BCUT2D eigenvalue weighted by atomic mass is 32.2. The number of aliphatic hydroxyl groups excluding tert-OH is 2. The van der Waals surface area contributed by atoms with Crippen LogP contribution in [0, 0.1) is 12.8 Å². The van der Waals surface area contributed by atoms with E-state index in [9.17, 15) is 28.2 Å². The first kappa shape index (κ1) is 24.0. The molecule has 32 heavy (non-hydrogen) atoms. The minimum atomic E-state index is -4.14. The Bertz CT molecular complexity index is 1160. The average Bonchev–Trinajstić information content (AvgIpc) is 3.00. The molecule has 4 atom stereocenters. The van der Waals surface area contributed by atoms with Crippen LogP contribution < -0.4 is 11.4 Å². The number of nitrogens with two attached hydrogens (primary N) is 1. The predicted molar refractivity (Wildman–Crippen MR) is 112 cm³/mol. The zero-order valence-corrected chi connectivity index (χ0v) is 18.5. The highest BCUT2D eigenvalue weighted by Crippen LogP contribution is 2.30. The van der Waals surface area contributed by atoms with Gasteiger partial charge in [0.25, 0.3) is 10.1 Å². The number of Topliss-reactive ketones (excluding diaryl/α,β-unsaturated/α-hetero) is 1. The smallest absolute Gasteiger partial charge is 0.351 e. The molecule has 0 saturated carbocycles. The van der Waals surface area contributed by atoms with Crippen LogP contribution in [0.2, 0.25) is 0 Å². The van der Waals surface area contributed by atoms with Gasteiger partial charge in [0.15, 0.2) is 12.0 Å². The number of nitrogens with zero attached hydrogens (tertiary/aromatic N) is 2. The Labute approximate surface area is 184 Å². The number of benzene rings is 1. The molecule has 0 aliphatic carbocycles. The summed E-state index contributed by atoms with van der Waals surface area (Å²) >= 11 is 0. The Hall–Kier alpha value is -2.64. The summed E-state index contributed by atoms with van der Waals surface area (Å²) in [5.74, 6) is -1.07. The molecule has 1 aromatic carbocycles. The molecule has 0 unspecified atom stereocenters. The first-order chi connectivity index (χ1) is 14.9. The third-order valence-corrected chi connectivity index (χ3v) is 6.38. The second kappa shape index (κ2) is 9.08. The first-order valence-corrected chi connectivity index (χ1v) is 11.2. The molecule has 1 aliphatic rings. The van der Waals surface area contributed by atoms with E-state index < -0.39 is 52.9 Å². The molecule has 1 fully saturated rings. The van der Waals surface area contributed by atoms with Gasteiger partial charge in [-0.3, -0.25) is 13.5 Å². The van der Waals surface area contributed by atoms with Gasteiger partial charge in [-0.05, 0) is 19.1 Å². The van der Waals surface area contributed by atoms with Crippen LogP contribution in [0.4, 0.5) is 5.82 Å². The molecule has 2 heterocycles. The fourth-order valence-corrected chi connectivity index (χ4v) is 4.11. The lowest BCUT2D eigenvalue weighted by atomic mass is 10.0. The largest absolute Gasteiger partial charge is 0.387 e. The van der Waals surface area contributed by atoms with Crippen molar-refractivity contribution in [3.05, 3.63) is 52.1 Å². The quantitative estimate of drug-likeness (QED) is 0.372.